The van der Waals surface area contributed by atoms with E-state index in [1.807, 2.05) is 11.8 Å². The normalized spacial score (nSPS) is 21.0. The lowest BCUT2D eigenvalue weighted by Crippen LogP contribution is -2.35. The van der Waals surface area contributed by atoms with E-state index in [2.05, 4.69) is 15.3 Å². The summed E-state index contributed by atoms with van der Waals surface area (Å²) in [6, 6.07) is 0. The highest BCUT2D eigenvalue weighted by Crippen LogP contribution is 2.34. The Morgan fingerprint density at radius 2 is 2.16 bits per heavy atom. The van der Waals surface area contributed by atoms with Crippen LogP contribution < -0.4 is 5.32 Å². The molecule has 0 radical (unpaired) electrons. The molecule has 7 heteroatoms. The average molecular weight is 360 g/mol. The van der Waals surface area contributed by atoms with Crippen LogP contribution in [0, 0.1) is 6.92 Å². The van der Waals surface area contributed by atoms with Gasteiger partial charge in [0.2, 0.25) is 0 Å². The van der Waals surface area contributed by atoms with E-state index in [9.17, 15) is 4.79 Å². The second-order valence-electron chi connectivity index (χ2n) is 6.83. The quantitative estimate of drug-likeness (QED) is 0.907. The fourth-order valence-corrected chi connectivity index (χ4v) is 4.78. The molecule has 25 heavy (non-hydrogen) atoms. The van der Waals surface area contributed by atoms with Gasteiger partial charge in [0, 0.05) is 26.2 Å². The summed E-state index contributed by atoms with van der Waals surface area (Å²) >= 11 is 1.48. The Balaban J connectivity index is 1.60. The fourth-order valence-electron chi connectivity index (χ4n) is 3.67. The van der Waals surface area contributed by atoms with E-state index < -0.39 is 0 Å². The van der Waals surface area contributed by atoms with Gasteiger partial charge in [-0.05, 0) is 44.6 Å². The van der Waals surface area contributed by atoms with Crippen LogP contribution in [0.3, 0.4) is 0 Å². The molecule has 2 aliphatic heterocycles. The maximum absolute atomic E-state index is 12.9. The van der Waals surface area contributed by atoms with Gasteiger partial charge in [-0.3, -0.25) is 4.79 Å². The van der Waals surface area contributed by atoms with E-state index in [1.165, 1.54) is 17.8 Å². The first-order chi connectivity index (χ1) is 12.2. The minimum absolute atomic E-state index is 0.144. The van der Waals surface area contributed by atoms with E-state index in [1.54, 1.807) is 6.33 Å². The number of anilines is 1. The Hall–Kier alpha value is -1.73. The highest BCUT2D eigenvalue weighted by molar-refractivity contribution is 7.20. The molecule has 134 valence electrons. The number of rotatable bonds is 4. The van der Waals surface area contributed by atoms with Gasteiger partial charge < -0.3 is 15.0 Å². The maximum atomic E-state index is 12.9. The van der Waals surface area contributed by atoms with Gasteiger partial charge >= 0.3 is 0 Å². The second kappa shape index (κ2) is 7.25. The van der Waals surface area contributed by atoms with E-state index in [4.69, 9.17) is 4.74 Å². The van der Waals surface area contributed by atoms with Crippen LogP contribution in [0.15, 0.2) is 6.33 Å². The first kappa shape index (κ1) is 16.7. The molecule has 2 saturated heterocycles. The number of fused-ring (bicyclic) bond motifs is 1. The molecule has 0 spiro atoms. The van der Waals surface area contributed by atoms with Crippen molar-refractivity contribution in [3.63, 3.8) is 0 Å². The standard InChI is InChI=1S/C18H24N4O2S/c1-12-14-16(19-10-13-6-5-9-24-13)20-11-21-17(14)25-15(12)18(23)22-7-3-2-4-8-22/h11,13H,2-10H2,1H3,(H,19,20,21)/t13-/m0/s1. The smallest absolute Gasteiger partial charge is 0.264 e. The van der Waals surface area contributed by atoms with Gasteiger partial charge in [0.25, 0.3) is 5.91 Å². The summed E-state index contributed by atoms with van der Waals surface area (Å²) in [5.74, 6) is 0.956. The lowest BCUT2D eigenvalue weighted by atomic mass is 10.1. The molecule has 2 aliphatic rings. The SMILES string of the molecule is Cc1c(C(=O)N2CCCCC2)sc2ncnc(NC[C@@H]3CCCO3)c12. The molecule has 2 aromatic rings. The Morgan fingerprint density at radius 1 is 1.32 bits per heavy atom. The van der Waals surface area contributed by atoms with Gasteiger partial charge in [-0.15, -0.1) is 11.3 Å². The number of ether oxygens (including phenoxy) is 1. The molecule has 0 bridgehead atoms. The molecule has 0 unspecified atom stereocenters. The Bertz CT molecular complexity index is 764. The van der Waals surface area contributed by atoms with Crippen molar-refractivity contribution in [2.75, 3.05) is 31.6 Å². The van der Waals surface area contributed by atoms with Crippen molar-refractivity contribution in [2.24, 2.45) is 0 Å². The van der Waals surface area contributed by atoms with Crippen LogP contribution in [0.2, 0.25) is 0 Å². The highest BCUT2D eigenvalue weighted by Gasteiger charge is 2.25. The Morgan fingerprint density at radius 3 is 2.92 bits per heavy atom. The van der Waals surface area contributed by atoms with E-state index in [0.717, 1.165) is 78.4 Å². The summed E-state index contributed by atoms with van der Waals surface area (Å²) in [6.45, 7) is 5.33. The van der Waals surface area contributed by atoms with Crippen molar-refractivity contribution >= 4 is 33.3 Å². The van der Waals surface area contributed by atoms with E-state index in [0.29, 0.717) is 0 Å². The zero-order chi connectivity index (χ0) is 17.2. The molecule has 0 aromatic carbocycles. The lowest BCUT2D eigenvalue weighted by Gasteiger charge is -2.26. The average Bonchev–Trinajstić information content (AvgIpc) is 3.28. The highest BCUT2D eigenvalue weighted by atomic mass is 32.1. The van der Waals surface area contributed by atoms with Crippen molar-refractivity contribution in [2.45, 2.75) is 45.1 Å². The number of thiophene rings is 1. The molecule has 4 rings (SSSR count). The molecule has 2 aromatic heterocycles. The van der Waals surface area contributed by atoms with Crippen LogP contribution in [0.4, 0.5) is 5.82 Å². The number of nitrogens with zero attached hydrogens (tertiary/aromatic N) is 3. The first-order valence-electron chi connectivity index (χ1n) is 9.13. The minimum Gasteiger partial charge on any atom is -0.376 e. The van der Waals surface area contributed by atoms with Crippen LogP contribution in [-0.4, -0.2) is 53.1 Å². The second-order valence-corrected chi connectivity index (χ2v) is 7.83. The summed E-state index contributed by atoms with van der Waals surface area (Å²) < 4.78 is 5.68. The molecule has 1 N–H and O–H groups in total. The predicted octanol–water partition coefficient (Wildman–Crippen LogP) is 3.22. The number of hydrogen-bond acceptors (Lipinski definition) is 6. The zero-order valence-corrected chi connectivity index (χ0v) is 15.4. The summed E-state index contributed by atoms with van der Waals surface area (Å²) in [5, 5.41) is 4.39. The third-order valence-electron chi connectivity index (χ3n) is 5.09. The van der Waals surface area contributed by atoms with Crippen LogP contribution in [0.25, 0.3) is 10.2 Å². The molecule has 6 nitrogen and oxygen atoms in total. The van der Waals surface area contributed by atoms with Crippen molar-refractivity contribution in [1.82, 2.24) is 14.9 Å². The Labute approximate surface area is 151 Å². The van der Waals surface area contributed by atoms with Crippen molar-refractivity contribution in [1.29, 1.82) is 0 Å². The maximum Gasteiger partial charge on any atom is 0.264 e. The van der Waals surface area contributed by atoms with E-state index >= 15 is 0 Å². The molecular weight excluding hydrogens is 336 g/mol. The topological polar surface area (TPSA) is 67.4 Å². The molecule has 2 fully saturated rings. The van der Waals surface area contributed by atoms with Gasteiger partial charge in [-0.2, -0.15) is 0 Å². The number of likely N-dealkylation sites (tertiary alicyclic amines) is 1. The summed E-state index contributed by atoms with van der Waals surface area (Å²) in [6.07, 6.45) is 7.45. The van der Waals surface area contributed by atoms with Crippen LogP contribution in [0.5, 0.6) is 0 Å². The predicted molar refractivity (Wildman–Crippen MR) is 99.4 cm³/mol. The number of carbonyl (C=O) groups excluding carboxylic acids is 1. The van der Waals surface area contributed by atoms with Gasteiger partial charge in [0.1, 0.15) is 17.0 Å². The number of piperidine rings is 1. The monoisotopic (exact) mass is 360 g/mol. The number of aryl methyl sites for hydroxylation is 1. The zero-order valence-electron chi connectivity index (χ0n) is 14.6. The Kier molecular flexibility index (Phi) is 4.85. The molecule has 4 heterocycles. The molecule has 1 atom stereocenters. The van der Waals surface area contributed by atoms with Crippen LogP contribution >= 0.6 is 11.3 Å². The summed E-state index contributed by atoms with van der Waals surface area (Å²) in [5.41, 5.74) is 0.992. The van der Waals surface area contributed by atoms with Crippen molar-refractivity contribution in [3.8, 4) is 0 Å². The third kappa shape index (κ3) is 3.35. The summed E-state index contributed by atoms with van der Waals surface area (Å²) in [7, 11) is 0. The molecule has 0 aliphatic carbocycles. The van der Waals surface area contributed by atoms with Crippen LogP contribution in [-0.2, 0) is 4.74 Å². The number of aromatic nitrogens is 2. The summed E-state index contributed by atoms with van der Waals surface area (Å²) in [4.78, 5) is 25.4. The fraction of sp³-hybridized carbons (Fsp3) is 0.611. The minimum atomic E-state index is 0.144. The van der Waals surface area contributed by atoms with Gasteiger partial charge in [-0.1, -0.05) is 0 Å². The van der Waals surface area contributed by atoms with Gasteiger partial charge in [-0.25, -0.2) is 9.97 Å². The van der Waals surface area contributed by atoms with Gasteiger partial charge in [0.05, 0.1) is 16.4 Å². The van der Waals surface area contributed by atoms with Gasteiger partial charge in [0.15, 0.2) is 0 Å². The molecular formula is C18H24N4O2S. The largest absolute Gasteiger partial charge is 0.376 e. The molecule has 1 amide bonds. The van der Waals surface area contributed by atoms with Crippen molar-refractivity contribution in [3.05, 3.63) is 16.8 Å². The number of hydrogen-bond donors (Lipinski definition) is 1. The number of carbonyl (C=O) groups is 1. The van der Waals surface area contributed by atoms with Crippen LogP contribution in [0.1, 0.15) is 47.3 Å². The molecule has 0 saturated carbocycles. The number of amides is 1. The van der Waals surface area contributed by atoms with Crippen molar-refractivity contribution < 1.29 is 9.53 Å². The lowest BCUT2D eigenvalue weighted by molar-refractivity contribution is 0.0728. The first-order valence-corrected chi connectivity index (χ1v) is 9.94. The third-order valence-corrected chi connectivity index (χ3v) is 6.27. The number of nitrogens with one attached hydrogen (secondary N) is 1. The van der Waals surface area contributed by atoms with E-state index in [-0.39, 0.29) is 12.0 Å².